The smallest absolute Gasteiger partial charge is 0.335 e. The summed E-state index contributed by atoms with van der Waals surface area (Å²) in [4.78, 5) is 37.1. The summed E-state index contributed by atoms with van der Waals surface area (Å²) in [7, 11) is 0. The van der Waals surface area contributed by atoms with Gasteiger partial charge >= 0.3 is 5.97 Å². The van der Waals surface area contributed by atoms with E-state index in [1.54, 1.807) is 0 Å². The first-order valence-electron chi connectivity index (χ1n) is 7.57. The molecule has 24 heavy (non-hydrogen) atoms. The molecule has 130 valence electrons. The molecule has 0 spiro atoms. The minimum Gasteiger partial charge on any atom is -0.478 e. The van der Waals surface area contributed by atoms with Gasteiger partial charge in [0.25, 0.3) is 0 Å². The van der Waals surface area contributed by atoms with Crippen LogP contribution in [0.1, 0.15) is 30.6 Å². The fraction of sp³-hybridized carbons (Fsp3) is 0.438. The van der Waals surface area contributed by atoms with E-state index >= 15 is 0 Å². The summed E-state index contributed by atoms with van der Waals surface area (Å²) in [6, 6.07) is 2.62. The first-order chi connectivity index (χ1) is 11.3. The number of nitrogens with one attached hydrogen (secondary N) is 1. The molecule has 0 saturated carbocycles. The minimum atomic E-state index is -1.25. The molecular formula is C16H19FN2O4S. The van der Waals surface area contributed by atoms with E-state index < -0.39 is 23.7 Å². The van der Waals surface area contributed by atoms with Crippen LogP contribution < -0.4 is 5.32 Å². The number of anilines is 1. The van der Waals surface area contributed by atoms with E-state index in [2.05, 4.69) is 5.32 Å². The number of carboxylic acids is 1. The topological polar surface area (TPSA) is 86.7 Å². The van der Waals surface area contributed by atoms with Gasteiger partial charge in [-0.3, -0.25) is 9.59 Å². The van der Waals surface area contributed by atoms with E-state index in [1.165, 1.54) is 28.8 Å². The molecule has 2 rings (SSSR count). The minimum absolute atomic E-state index is 0.0932. The van der Waals surface area contributed by atoms with Crippen molar-refractivity contribution >= 4 is 35.2 Å². The highest BCUT2D eigenvalue weighted by atomic mass is 32.2. The van der Waals surface area contributed by atoms with Gasteiger partial charge in [0.1, 0.15) is 11.9 Å². The van der Waals surface area contributed by atoms with Gasteiger partial charge in [0.15, 0.2) is 0 Å². The maximum atomic E-state index is 13.9. The molecule has 0 aliphatic carbocycles. The van der Waals surface area contributed by atoms with Crippen molar-refractivity contribution in [2.24, 2.45) is 5.92 Å². The monoisotopic (exact) mass is 354 g/mol. The quantitative estimate of drug-likeness (QED) is 0.848. The molecule has 8 heteroatoms. The number of hydrogen-bond donors (Lipinski definition) is 2. The molecule has 2 amide bonds. The average Bonchev–Trinajstić information content (AvgIpc) is 3.04. The second kappa shape index (κ2) is 7.65. The number of carbonyl (C=O) groups is 3. The van der Waals surface area contributed by atoms with Gasteiger partial charge < -0.3 is 15.3 Å². The Kier molecular flexibility index (Phi) is 5.82. The predicted octanol–water partition coefficient (Wildman–Crippen LogP) is 2.41. The van der Waals surface area contributed by atoms with Crippen molar-refractivity contribution in [2.45, 2.75) is 26.3 Å². The lowest BCUT2D eigenvalue weighted by atomic mass is 10.1. The Bertz CT molecular complexity index is 667. The number of thioether (sulfide) groups is 1. The normalized spacial score (nSPS) is 18.3. The van der Waals surface area contributed by atoms with Crippen LogP contribution in [0.5, 0.6) is 0 Å². The van der Waals surface area contributed by atoms with Crippen LogP contribution in [0.15, 0.2) is 18.2 Å². The SMILES string of the molecule is CCC(C)C(=O)N1CSCC1C(=O)Nc1ccc(C(=O)O)cc1F. The van der Waals surface area contributed by atoms with Crippen molar-refractivity contribution in [2.75, 3.05) is 16.9 Å². The van der Waals surface area contributed by atoms with Crippen molar-refractivity contribution in [3.8, 4) is 0 Å². The molecule has 1 aliphatic rings. The number of benzene rings is 1. The van der Waals surface area contributed by atoms with Gasteiger partial charge in [-0.05, 0) is 24.6 Å². The highest BCUT2D eigenvalue weighted by Gasteiger charge is 2.36. The maximum absolute atomic E-state index is 13.9. The van der Waals surface area contributed by atoms with Crippen molar-refractivity contribution < 1.29 is 23.9 Å². The molecule has 6 nitrogen and oxygen atoms in total. The van der Waals surface area contributed by atoms with Crippen LogP contribution in [0.25, 0.3) is 0 Å². The lowest BCUT2D eigenvalue weighted by molar-refractivity contribution is -0.139. The van der Waals surface area contributed by atoms with Crippen LogP contribution in [0.3, 0.4) is 0 Å². The first-order valence-corrected chi connectivity index (χ1v) is 8.72. The summed E-state index contributed by atoms with van der Waals surface area (Å²) in [5.74, 6) is -1.93. The Morgan fingerprint density at radius 2 is 2.17 bits per heavy atom. The summed E-state index contributed by atoms with van der Waals surface area (Å²) in [6.45, 7) is 3.71. The maximum Gasteiger partial charge on any atom is 0.335 e. The van der Waals surface area contributed by atoms with Crippen molar-refractivity contribution in [3.05, 3.63) is 29.6 Å². The van der Waals surface area contributed by atoms with Crippen molar-refractivity contribution in [1.82, 2.24) is 4.90 Å². The number of aromatic carboxylic acids is 1. The molecule has 0 bridgehead atoms. The van der Waals surface area contributed by atoms with Crippen LogP contribution in [0.4, 0.5) is 10.1 Å². The molecular weight excluding hydrogens is 335 g/mol. The molecule has 2 N–H and O–H groups in total. The Morgan fingerprint density at radius 3 is 2.75 bits per heavy atom. The largest absolute Gasteiger partial charge is 0.478 e. The number of rotatable bonds is 5. The third-order valence-corrected chi connectivity index (χ3v) is 4.99. The summed E-state index contributed by atoms with van der Waals surface area (Å²) in [5, 5.41) is 11.3. The summed E-state index contributed by atoms with van der Waals surface area (Å²) >= 11 is 1.47. The predicted molar refractivity (Wildman–Crippen MR) is 89.4 cm³/mol. The molecule has 1 aromatic rings. The molecule has 1 saturated heterocycles. The Hall–Kier alpha value is -2.09. The fourth-order valence-corrected chi connectivity index (χ4v) is 3.46. The number of halogens is 1. The van der Waals surface area contributed by atoms with E-state index in [-0.39, 0.29) is 23.1 Å². The first kappa shape index (κ1) is 18.3. The second-order valence-corrected chi connectivity index (χ2v) is 6.62. The zero-order valence-corrected chi connectivity index (χ0v) is 14.2. The van der Waals surface area contributed by atoms with Crippen molar-refractivity contribution in [1.29, 1.82) is 0 Å². The van der Waals surface area contributed by atoms with Gasteiger partial charge in [-0.2, -0.15) is 0 Å². The Balaban J connectivity index is 2.11. The molecule has 2 atom stereocenters. The van der Waals surface area contributed by atoms with Crippen LogP contribution in [0, 0.1) is 11.7 Å². The summed E-state index contributed by atoms with van der Waals surface area (Å²) < 4.78 is 13.9. The molecule has 0 radical (unpaired) electrons. The molecule has 0 aromatic heterocycles. The van der Waals surface area contributed by atoms with Gasteiger partial charge in [0.05, 0.1) is 17.1 Å². The fourth-order valence-electron chi connectivity index (χ4n) is 2.30. The third-order valence-electron chi connectivity index (χ3n) is 3.98. The van der Waals surface area contributed by atoms with E-state index in [1.807, 2.05) is 13.8 Å². The van der Waals surface area contributed by atoms with E-state index in [0.29, 0.717) is 18.1 Å². The van der Waals surface area contributed by atoms with Gasteiger partial charge in [-0.1, -0.05) is 13.8 Å². The average molecular weight is 354 g/mol. The lowest BCUT2D eigenvalue weighted by Crippen LogP contribution is -2.46. The second-order valence-electron chi connectivity index (χ2n) is 5.62. The highest BCUT2D eigenvalue weighted by Crippen LogP contribution is 2.25. The van der Waals surface area contributed by atoms with Crippen LogP contribution in [-0.2, 0) is 9.59 Å². The van der Waals surface area contributed by atoms with Gasteiger partial charge in [-0.15, -0.1) is 11.8 Å². The van der Waals surface area contributed by atoms with Crippen molar-refractivity contribution in [3.63, 3.8) is 0 Å². The third kappa shape index (κ3) is 3.87. The van der Waals surface area contributed by atoms with E-state index in [4.69, 9.17) is 5.11 Å². The van der Waals surface area contributed by atoms with Gasteiger partial charge in [0.2, 0.25) is 11.8 Å². The zero-order valence-electron chi connectivity index (χ0n) is 13.4. The number of carbonyl (C=O) groups excluding carboxylic acids is 2. The highest BCUT2D eigenvalue weighted by molar-refractivity contribution is 7.99. The standard InChI is InChI=1S/C16H19FN2O4S/c1-3-9(2)15(21)19-8-24-7-13(19)14(20)18-12-5-4-10(16(22)23)6-11(12)17/h4-6,9,13H,3,7-8H2,1-2H3,(H,18,20)(H,22,23). The molecule has 1 fully saturated rings. The molecule has 1 heterocycles. The number of nitrogens with zero attached hydrogens (tertiary/aromatic N) is 1. The van der Waals surface area contributed by atoms with Crippen LogP contribution in [-0.4, -0.2) is 45.5 Å². The Morgan fingerprint density at radius 1 is 1.46 bits per heavy atom. The lowest BCUT2D eigenvalue weighted by Gasteiger charge is -2.25. The molecule has 1 aromatic carbocycles. The Labute approximate surface area is 143 Å². The van der Waals surface area contributed by atoms with Gasteiger partial charge in [0, 0.05) is 11.7 Å². The zero-order chi connectivity index (χ0) is 17.9. The van der Waals surface area contributed by atoms with Crippen LogP contribution >= 0.6 is 11.8 Å². The number of carboxylic acid groups (broad SMARTS) is 1. The van der Waals surface area contributed by atoms with E-state index in [0.717, 1.165) is 6.07 Å². The molecule has 2 unspecified atom stereocenters. The van der Waals surface area contributed by atoms with Crippen LogP contribution in [0.2, 0.25) is 0 Å². The van der Waals surface area contributed by atoms with Gasteiger partial charge in [-0.25, -0.2) is 9.18 Å². The number of amides is 2. The number of hydrogen-bond acceptors (Lipinski definition) is 4. The summed E-state index contributed by atoms with van der Waals surface area (Å²) in [6.07, 6.45) is 0.680. The van der Waals surface area contributed by atoms with E-state index in [9.17, 15) is 18.8 Å². The summed E-state index contributed by atoms with van der Waals surface area (Å²) in [5.41, 5.74) is -0.298. The molecule has 1 aliphatic heterocycles.